The summed E-state index contributed by atoms with van der Waals surface area (Å²) in [4.78, 5) is 10.4. The van der Waals surface area contributed by atoms with Crippen LogP contribution in [0, 0.1) is 23.2 Å². The van der Waals surface area contributed by atoms with Gasteiger partial charge in [-0.25, -0.2) is 0 Å². The lowest BCUT2D eigenvalue weighted by Gasteiger charge is -2.06. The summed E-state index contributed by atoms with van der Waals surface area (Å²) >= 11 is 0. The fraction of sp³-hybridized carbons (Fsp3) is 0.667. The first-order valence-corrected chi connectivity index (χ1v) is 2.78. The van der Waals surface area contributed by atoms with E-state index in [0.717, 1.165) is 0 Å². The van der Waals surface area contributed by atoms with Gasteiger partial charge in [-0.3, -0.25) is 4.79 Å². The van der Waals surface area contributed by atoms with E-state index >= 15 is 0 Å². The molecule has 0 saturated carbocycles. The van der Waals surface area contributed by atoms with Crippen LogP contribution in [0.3, 0.4) is 0 Å². The first-order chi connectivity index (χ1) is 4.09. The van der Waals surface area contributed by atoms with Crippen molar-refractivity contribution in [3.8, 4) is 6.07 Å². The third-order valence-corrected chi connectivity index (χ3v) is 1.11. The van der Waals surface area contributed by atoms with E-state index in [1.807, 2.05) is 6.07 Å². The molecule has 1 amide bonds. The highest BCUT2D eigenvalue weighted by Gasteiger charge is 2.17. The van der Waals surface area contributed by atoms with E-state index in [1.54, 1.807) is 13.8 Å². The Morgan fingerprint density at radius 3 is 2.11 bits per heavy atom. The topological polar surface area (TPSA) is 66.9 Å². The summed E-state index contributed by atoms with van der Waals surface area (Å²) in [6, 6.07) is 1.83. The predicted molar refractivity (Wildman–Crippen MR) is 33.1 cm³/mol. The van der Waals surface area contributed by atoms with Gasteiger partial charge in [0.05, 0.1) is 6.07 Å². The molecule has 0 rings (SSSR count). The van der Waals surface area contributed by atoms with Gasteiger partial charge in [-0.05, 0) is 5.92 Å². The largest absolute Gasteiger partial charge is 0.369 e. The molecule has 0 aliphatic heterocycles. The Morgan fingerprint density at radius 1 is 1.67 bits per heavy atom. The molecule has 0 aromatic heterocycles. The molecule has 3 heteroatoms. The quantitative estimate of drug-likeness (QED) is 0.577. The van der Waals surface area contributed by atoms with Crippen LogP contribution in [0.5, 0.6) is 0 Å². The monoisotopic (exact) mass is 126 g/mol. The lowest BCUT2D eigenvalue weighted by atomic mass is 9.97. The van der Waals surface area contributed by atoms with Crippen LogP contribution in [0.4, 0.5) is 0 Å². The molecule has 3 nitrogen and oxygen atoms in total. The highest BCUT2D eigenvalue weighted by molar-refractivity contribution is 5.79. The molecule has 2 N–H and O–H groups in total. The number of primary amides is 1. The molecule has 0 fully saturated rings. The van der Waals surface area contributed by atoms with Gasteiger partial charge in [-0.2, -0.15) is 5.26 Å². The number of nitrogens with two attached hydrogens (primary N) is 1. The zero-order valence-electron chi connectivity index (χ0n) is 5.59. The molecule has 0 saturated heterocycles. The molecular weight excluding hydrogens is 116 g/mol. The van der Waals surface area contributed by atoms with Gasteiger partial charge >= 0.3 is 0 Å². The van der Waals surface area contributed by atoms with Crippen molar-refractivity contribution in [1.29, 1.82) is 5.26 Å². The van der Waals surface area contributed by atoms with E-state index in [2.05, 4.69) is 0 Å². The van der Waals surface area contributed by atoms with Crippen LogP contribution in [0.25, 0.3) is 0 Å². The van der Waals surface area contributed by atoms with E-state index in [-0.39, 0.29) is 5.92 Å². The number of amides is 1. The molecule has 0 aromatic carbocycles. The fourth-order valence-corrected chi connectivity index (χ4v) is 0.541. The zero-order chi connectivity index (χ0) is 7.44. The molecule has 9 heavy (non-hydrogen) atoms. The minimum Gasteiger partial charge on any atom is -0.369 e. The Kier molecular flexibility index (Phi) is 2.72. The Morgan fingerprint density at radius 2 is 2.11 bits per heavy atom. The third-order valence-electron chi connectivity index (χ3n) is 1.11. The van der Waals surface area contributed by atoms with Crippen molar-refractivity contribution < 1.29 is 4.79 Å². The van der Waals surface area contributed by atoms with Gasteiger partial charge in [0.15, 0.2) is 0 Å². The number of carbonyl (C=O) groups excluding carboxylic acids is 1. The third kappa shape index (κ3) is 2.13. The summed E-state index contributed by atoms with van der Waals surface area (Å²) in [7, 11) is 0. The average Bonchev–Trinajstić information content (AvgIpc) is 1.64. The number of nitriles is 1. The van der Waals surface area contributed by atoms with Crippen molar-refractivity contribution in [2.45, 2.75) is 13.8 Å². The van der Waals surface area contributed by atoms with Crippen molar-refractivity contribution in [1.82, 2.24) is 0 Å². The maximum Gasteiger partial charge on any atom is 0.235 e. The molecular formula is C6H10N2O. The Balaban J connectivity index is 4.04. The minimum atomic E-state index is -0.634. The number of hydrogen-bond acceptors (Lipinski definition) is 2. The van der Waals surface area contributed by atoms with E-state index < -0.39 is 11.8 Å². The zero-order valence-corrected chi connectivity index (χ0v) is 5.59. The molecule has 1 atom stereocenters. The Hall–Kier alpha value is -1.04. The summed E-state index contributed by atoms with van der Waals surface area (Å²) in [6.07, 6.45) is 0. The van der Waals surface area contributed by atoms with Crippen LogP contribution in [0.1, 0.15) is 13.8 Å². The SMILES string of the molecule is CC(C)C(C#N)C(N)=O. The number of carbonyl (C=O) groups is 1. The first-order valence-electron chi connectivity index (χ1n) is 2.78. The van der Waals surface area contributed by atoms with Crippen LogP contribution in [-0.4, -0.2) is 5.91 Å². The first kappa shape index (κ1) is 7.96. The Bertz CT molecular complexity index is 146. The predicted octanol–water partition coefficient (Wildman–Crippen LogP) is 0.267. The highest BCUT2D eigenvalue weighted by atomic mass is 16.1. The van der Waals surface area contributed by atoms with Crippen molar-refractivity contribution >= 4 is 5.91 Å². The lowest BCUT2D eigenvalue weighted by molar-refractivity contribution is -0.121. The second kappa shape index (κ2) is 3.08. The van der Waals surface area contributed by atoms with E-state index in [4.69, 9.17) is 11.0 Å². The normalized spacial score (nSPS) is 12.7. The maximum absolute atomic E-state index is 10.4. The van der Waals surface area contributed by atoms with Gasteiger partial charge < -0.3 is 5.73 Å². The fourth-order valence-electron chi connectivity index (χ4n) is 0.541. The van der Waals surface area contributed by atoms with Gasteiger partial charge in [0.25, 0.3) is 0 Å². The van der Waals surface area contributed by atoms with Crippen LogP contribution < -0.4 is 5.73 Å². The van der Waals surface area contributed by atoms with E-state index in [9.17, 15) is 4.79 Å². The van der Waals surface area contributed by atoms with Gasteiger partial charge in [0.2, 0.25) is 5.91 Å². The van der Waals surface area contributed by atoms with Gasteiger partial charge in [0, 0.05) is 0 Å². The van der Waals surface area contributed by atoms with Crippen LogP contribution in [0.2, 0.25) is 0 Å². The average molecular weight is 126 g/mol. The molecule has 0 bridgehead atoms. The molecule has 1 unspecified atom stereocenters. The molecule has 0 aliphatic carbocycles. The minimum absolute atomic E-state index is 0.0208. The molecule has 50 valence electrons. The highest BCUT2D eigenvalue weighted by Crippen LogP contribution is 2.07. The van der Waals surface area contributed by atoms with Crippen LogP contribution in [0.15, 0.2) is 0 Å². The number of nitrogens with zero attached hydrogens (tertiary/aromatic N) is 1. The number of hydrogen-bond donors (Lipinski definition) is 1. The van der Waals surface area contributed by atoms with Gasteiger partial charge in [0.1, 0.15) is 5.92 Å². The summed E-state index contributed by atoms with van der Waals surface area (Å²) < 4.78 is 0. The molecule has 0 heterocycles. The Labute approximate surface area is 54.5 Å². The lowest BCUT2D eigenvalue weighted by Crippen LogP contribution is -2.25. The van der Waals surface area contributed by atoms with E-state index in [1.165, 1.54) is 0 Å². The summed E-state index contributed by atoms with van der Waals surface area (Å²) in [5.74, 6) is -1.15. The second-order valence-electron chi connectivity index (χ2n) is 2.25. The summed E-state index contributed by atoms with van der Waals surface area (Å²) in [5.41, 5.74) is 4.89. The molecule has 0 aliphatic rings. The second-order valence-corrected chi connectivity index (χ2v) is 2.25. The maximum atomic E-state index is 10.4. The van der Waals surface area contributed by atoms with Crippen molar-refractivity contribution in [3.05, 3.63) is 0 Å². The van der Waals surface area contributed by atoms with Crippen LogP contribution in [-0.2, 0) is 4.79 Å². The molecule has 0 spiro atoms. The molecule has 0 aromatic rings. The number of rotatable bonds is 2. The summed E-state index contributed by atoms with van der Waals surface area (Å²) in [5, 5.41) is 8.32. The van der Waals surface area contributed by atoms with Gasteiger partial charge in [-0.15, -0.1) is 0 Å². The van der Waals surface area contributed by atoms with E-state index in [0.29, 0.717) is 0 Å². The smallest absolute Gasteiger partial charge is 0.235 e. The van der Waals surface area contributed by atoms with Crippen molar-refractivity contribution in [2.75, 3.05) is 0 Å². The van der Waals surface area contributed by atoms with Crippen molar-refractivity contribution in [3.63, 3.8) is 0 Å². The standard InChI is InChI=1S/C6H10N2O/c1-4(2)5(3-7)6(8)9/h4-5H,1-2H3,(H2,8,9). The van der Waals surface area contributed by atoms with Crippen LogP contribution >= 0.6 is 0 Å². The summed E-state index contributed by atoms with van der Waals surface area (Å²) in [6.45, 7) is 3.58. The molecule has 0 radical (unpaired) electrons. The van der Waals surface area contributed by atoms with Crippen molar-refractivity contribution in [2.24, 2.45) is 17.6 Å². The van der Waals surface area contributed by atoms with Gasteiger partial charge in [-0.1, -0.05) is 13.8 Å².